The third kappa shape index (κ3) is 3.80. The van der Waals surface area contributed by atoms with Crippen molar-refractivity contribution >= 4 is 6.09 Å². The van der Waals surface area contributed by atoms with Crippen molar-refractivity contribution < 1.29 is 29.1 Å². The second-order valence-electron chi connectivity index (χ2n) is 12.5. The lowest BCUT2D eigenvalue weighted by Crippen LogP contribution is -2.69. The first-order valence-corrected chi connectivity index (χ1v) is 12.9. The molecule has 1 amide bonds. The van der Waals surface area contributed by atoms with E-state index < -0.39 is 17.2 Å². The molecule has 2 unspecified atom stereocenters. The van der Waals surface area contributed by atoms with Crippen LogP contribution in [-0.4, -0.2) is 33.9 Å². The van der Waals surface area contributed by atoms with Crippen LogP contribution in [0.3, 0.4) is 0 Å². The number of rotatable bonds is 2. The van der Waals surface area contributed by atoms with Crippen LogP contribution in [0.15, 0.2) is 24.3 Å². The number of carbonyl (C=O) groups is 1. The predicted molar refractivity (Wildman–Crippen MR) is 124 cm³/mol. The van der Waals surface area contributed by atoms with Crippen LogP contribution < -0.4 is 5.32 Å². The first-order valence-electron chi connectivity index (χ1n) is 12.9. The lowest BCUT2D eigenvalue weighted by Gasteiger charge is -2.62. The summed E-state index contributed by atoms with van der Waals surface area (Å²) in [4.78, 5) is 25.0. The van der Waals surface area contributed by atoms with Crippen LogP contribution in [0.5, 0.6) is 5.75 Å². The molecule has 5 saturated carbocycles. The van der Waals surface area contributed by atoms with Crippen LogP contribution in [0.1, 0.15) is 90.0 Å². The number of aromatic hydroxyl groups is 1. The molecule has 7 rings (SSSR count). The predicted octanol–water partition coefficient (Wildman–Crippen LogP) is 5.52. The third-order valence-corrected chi connectivity index (χ3v) is 8.80. The second-order valence-corrected chi connectivity index (χ2v) is 12.5. The van der Waals surface area contributed by atoms with Gasteiger partial charge in [-0.05, 0) is 95.2 Å². The molecule has 0 radical (unpaired) electrons. The number of alkyl carbamates (subject to hydrolysis) is 1. The first kappa shape index (κ1) is 22.6. The first-order chi connectivity index (χ1) is 16.1. The van der Waals surface area contributed by atoms with Gasteiger partial charge in [0.15, 0.2) is 0 Å². The monoisotopic (exact) mass is 471 g/mol. The fourth-order valence-electron chi connectivity index (χ4n) is 7.77. The minimum atomic E-state index is -0.720. The van der Waals surface area contributed by atoms with Crippen LogP contribution in [0.2, 0.25) is 0 Å². The van der Waals surface area contributed by atoms with Crippen LogP contribution in [0.25, 0.3) is 0 Å². The topological polar surface area (TPSA) is 86.3 Å². The van der Waals surface area contributed by atoms with Crippen LogP contribution >= 0.6 is 0 Å². The maximum atomic E-state index is 12.7. The fraction of sp³-hybridized carbons (Fsp3) is 0.741. The van der Waals surface area contributed by atoms with Gasteiger partial charge in [-0.15, -0.1) is 0 Å². The number of nitrogens with one attached hydrogen (secondary N) is 1. The molecule has 1 saturated heterocycles. The van der Waals surface area contributed by atoms with E-state index in [1.165, 1.54) is 5.56 Å². The van der Waals surface area contributed by atoms with Gasteiger partial charge in [0.2, 0.25) is 11.6 Å². The zero-order valence-electron chi connectivity index (χ0n) is 20.5. The average molecular weight is 472 g/mol. The van der Waals surface area contributed by atoms with Gasteiger partial charge in [0.1, 0.15) is 11.4 Å². The number of hydrogen-bond donors (Lipinski definition) is 2. The van der Waals surface area contributed by atoms with E-state index in [0.717, 1.165) is 57.8 Å². The highest BCUT2D eigenvalue weighted by Gasteiger charge is 2.70. The summed E-state index contributed by atoms with van der Waals surface area (Å²) in [6, 6.07) is 7.50. The summed E-state index contributed by atoms with van der Waals surface area (Å²) in [5, 5.41) is 12.9. The number of benzene rings is 1. The number of phenolic OH excluding ortho intramolecular Hbond substituents is 1. The van der Waals surface area contributed by atoms with Gasteiger partial charge >= 0.3 is 6.09 Å². The van der Waals surface area contributed by atoms with E-state index in [0.29, 0.717) is 11.8 Å². The smallest absolute Gasteiger partial charge is 0.408 e. The summed E-state index contributed by atoms with van der Waals surface area (Å²) in [5.41, 5.74) is 0.449. The molecule has 2 spiro atoms. The van der Waals surface area contributed by atoms with Gasteiger partial charge in [0, 0.05) is 30.2 Å². The Labute approximate surface area is 201 Å². The maximum Gasteiger partial charge on any atom is 0.408 e. The largest absolute Gasteiger partial charge is 0.508 e. The third-order valence-electron chi connectivity index (χ3n) is 8.80. The summed E-state index contributed by atoms with van der Waals surface area (Å²) in [5.74, 6) is 0.120. The highest BCUT2D eigenvalue weighted by Crippen LogP contribution is 2.65. The molecular formula is C27H37NO6. The van der Waals surface area contributed by atoms with Crippen molar-refractivity contribution in [3.63, 3.8) is 0 Å². The van der Waals surface area contributed by atoms with E-state index in [9.17, 15) is 9.90 Å². The summed E-state index contributed by atoms with van der Waals surface area (Å²) in [6.07, 6.45) is 8.11. The number of phenols is 1. The van der Waals surface area contributed by atoms with E-state index in [4.69, 9.17) is 19.2 Å². The Morgan fingerprint density at radius 1 is 1.06 bits per heavy atom. The van der Waals surface area contributed by atoms with Crippen molar-refractivity contribution in [2.24, 2.45) is 17.8 Å². The van der Waals surface area contributed by atoms with E-state index in [1.807, 2.05) is 32.9 Å². The normalized spacial score (nSPS) is 42.9. The molecule has 1 aromatic rings. The fourth-order valence-corrected chi connectivity index (χ4v) is 7.77. The molecule has 7 nitrogen and oxygen atoms in total. The van der Waals surface area contributed by atoms with E-state index >= 15 is 0 Å². The molecule has 5 aliphatic carbocycles. The van der Waals surface area contributed by atoms with E-state index in [1.54, 1.807) is 12.1 Å². The molecule has 1 aromatic carbocycles. The zero-order chi connectivity index (χ0) is 23.8. The summed E-state index contributed by atoms with van der Waals surface area (Å²) < 4.78 is 12.5. The van der Waals surface area contributed by atoms with Crippen molar-refractivity contribution in [1.29, 1.82) is 0 Å². The number of carbonyl (C=O) groups excluding carboxylic acids is 1. The lowest BCUT2D eigenvalue weighted by atomic mass is 9.50. The highest BCUT2D eigenvalue weighted by molar-refractivity contribution is 5.69. The number of amides is 1. The van der Waals surface area contributed by atoms with Crippen molar-refractivity contribution in [3.8, 4) is 5.75 Å². The Morgan fingerprint density at radius 3 is 2.44 bits per heavy atom. The lowest BCUT2D eigenvalue weighted by molar-refractivity contribution is -0.391. The molecule has 6 fully saturated rings. The summed E-state index contributed by atoms with van der Waals surface area (Å²) >= 11 is 0. The molecule has 4 bridgehead atoms. The van der Waals surface area contributed by atoms with Crippen molar-refractivity contribution in [2.75, 3.05) is 0 Å². The van der Waals surface area contributed by atoms with E-state index in [2.05, 4.69) is 5.32 Å². The van der Waals surface area contributed by atoms with Crippen LogP contribution in [0, 0.1) is 17.8 Å². The van der Waals surface area contributed by atoms with Gasteiger partial charge in [-0.2, -0.15) is 9.78 Å². The minimum absolute atomic E-state index is 0.196. The van der Waals surface area contributed by atoms with Gasteiger partial charge in [0.25, 0.3) is 0 Å². The molecule has 1 aliphatic heterocycles. The van der Waals surface area contributed by atoms with Gasteiger partial charge in [-0.1, -0.05) is 12.1 Å². The summed E-state index contributed by atoms with van der Waals surface area (Å²) in [6.45, 7) is 5.69. The SMILES string of the molecule is CC(C)(C)OC(=O)NC12CC3CC(C1)C1(OO[C@@]4(CCC[C@@H](c5ccc(O)cc5)C4)O1)C(C3)C2. The number of hydrogen-bond acceptors (Lipinski definition) is 6. The zero-order valence-corrected chi connectivity index (χ0v) is 20.5. The average Bonchev–Trinajstić information content (AvgIpc) is 3.10. The molecule has 1 heterocycles. The maximum absolute atomic E-state index is 12.7. The van der Waals surface area contributed by atoms with Gasteiger partial charge in [-0.25, -0.2) is 4.79 Å². The summed E-state index contributed by atoms with van der Waals surface area (Å²) in [7, 11) is 0. The van der Waals surface area contributed by atoms with Crippen molar-refractivity contribution in [1.82, 2.24) is 5.32 Å². The van der Waals surface area contributed by atoms with Gasteiger partial charge < -0.3 is 19.9 Å². The molecule has 6 aliphatic rings. The molecular weight excluding hydrogens is 434 g/mol. The van der Waals surface area contributed by atoms with Crippen molar-refractivity contribution in [2.45, 2.75) is 107 Å². The molecule has 7 heteroatoms. The molecule has 2 N–H and O–H groups in total. The van der Waals surface area contributed by atoms with Crippen molar-refractivity contribution in [3.05, 3.63) is 29.8 Å². The Hall–Kier alpha value is -1.83. The van der Waals surface area contributed by atoms with E-state index in [-0.39, 0.29) is 29.2 Å². The van der Waals surface area contributed by atoms with Gasteiger partial charge in [-0.3, -0.25) is 0 Å². The standard InChI is InChI=1S/C27H37NO6/c1-24(2,3)31-23(30)28-25-13-17-11-20(15-25)27(21(12-17)16-25)32-26(33-34-27)10-4-5-19(14-26)18-6-8-22(29)9-7-18/h6-9,17,19-21,29H,4-5,10-16H2,1-3H3,(H,28,30)/t17?,19-,20?,21?,25?,26-,27?/m1/s1. The van der Waals surface area contributed by atoms with Gasteiger partial charge in [0.05, 0.1) is 0 Å². The van der Waals surface area contributed by atoms with Crippen LogP contribution in [0.4, 0.5) is 4.79 Å². The quantitative estimate of drug-likeness (QED) is 0.552. The Bertz CT molecular complexity index is 939. The minimum Gasteiger partial charge on any atom is -0.508 e. The molecule has 186 valence electrons. The highest BCUT2D eigenvalue weighted by atomic mass is 17.3. The molecule has 34 heavy (non-hydrogen) atoms. The Morgan fingerprint density at radius 2 is 1.76 bits per heavy atom. The second kappa shape index (κ2) is 7.58. The molecule has 4 atom stereocenters. The number of ether oxygens (including phenoxy) is 2. The molecule has 0 aromatic heterocycles. The Kier molecular flexibility index (Phi) is 5.05. The Balaban J connectivity index is 1.19. The van der Waals surface area contributed by atoms with Crippen LogP contribution in [-0.2, 0) is 19.2 Å².